The van der Waals surface area contributed by atoms with E-state index in [1.807, 2.05) is 0 Å². The van der Waals surface area contributed by atoms with Crippen molar-refractivity contribution in [3.63, 3.8) is 0 Å². The summed E-state index contributed by atoms with van der Waals surface area (Å²) in [6.45, 7) is 3.83. The molecule has 0 amide bonds. The van der Waals surface area contributed by atoms with Crippen LogP contribution in [0.2, 0.25) is 0 Å². The molecule has 0 aliphatic carbocycles. The minimum atomic E-state index is 0.445. The molecule has 0 aliphatic heterocycles. The molecule has 0 aromatic carbocycles. The third kappa shape index (κ3) is 3.38. The highest BCUT2D eigenvalue weighted by molar-refractivity contribution is 9.11. The van der Waals surface area contributed by atoms with E-state index >= 15 is 0 Å². The topological polar surface area (TPSA) is 29.3 Å². The molecule has 4 heteroatoms. The van der Waals surface area contributed by atoms with Gasteiger partial charge in [-0.15, -0.1) is 11.3 Å². The first-order valence-corrected chi connectivity index (χ1v) is 5.89. The summed E-state index contributed by atoms with van der Waals surface area (Å²) >= 11 is 5.23. The van der Waals surface area contributed by atoms with Crippen LogP contribution in [-0.2, 0) is 6.54 Å². The molecule has 0 saturated heterocycles. The Hall–Kier alpha value is 0.1000. The molecule has 0 aliphatic rings. The monoisotopic (exact) mass is 262 g/mol. The largest absolute Gasteiger partial charge is 0.329 e. The number of halogens is 1. The SMILES string of the molecule is CC(CN)N(C)Cc1ccc(Br)s1. The normalized spacial score (nSPS) is 13.6. The van der Waals surface area contributed by atoms with Gasteiger partial charge in [0.25, 0.3) is 0 Å². The Morgan fingerprint density at radius 1 is 1.62 bits per heavy atom. The molecule has 1 unspecified atom stereocenters. The third-order valence-corrected chi connectivity index (χ3v) is 3.74. The summed E-state index contributed by atoms with van der Waals surface area (Å²) in [5.41, 5.74) is 5.58. The average Bonchev–Trinajstić information content (AvgIpc) is 2.49. The van der Waals surface area contributed by atoms with Crippen molar-refractivity contribution < 1.29 is 0 Å². The Balaban J connectivity index is 2.49. The molecule has 2 nitrogen and oxygen atoms in total. The lowest BCUT2D eigenvalue weighted by atomic mass is 10.3. The van der Waals surface area contributed by atoms with E-state index in [2.05, 4.69) is 46.9 Å². The second-order valence-electron chi connectivity index (χ2n) is 3.21. The number of hydrogen-bond donors (Lipinski definition) is 1. The van der Waals surface area contributed by atoms with Crippen molar-refractivity contribution in [2.45, 2.75) is 19.5 Å². The molecule has 0 saturated carbocycles. The zero-order chi connectivity index (χ0) is 9.84. The summed E-state index contributed by atoms with van der Waals surface area (Å²) in [6, 6.07) is 4.68. The van der Waals surface area contributed by atoms with Crippen LogP contribution in [0, 0.1) is 0 Å². The van der Waals surface area contributed by atoms with Gasteiger partial charge in [-0.1, -0.05) is 0 Å². The summed E-state index contributed by atoms with van der Waals surface area (Å²) in [5.74, 6) is 0. The first kappa shape index (κ1) is 11.2. The van der Waals surface area contributed by atoms with Crippen molar-refractivity contribution in [2.75, 3.05) is 13.6 Å². The molecule has 0 radical (unpaired) electrons. The summed E-state index contributed by atoms with van der Waals surface area (Å²) in [7, 11) is 2.10. The highest BCUT2D eigenvalue weighted by atomic mass is 79.9. The fourth-order valence-corrected chi connectivity index (χ4v) is 2.57. The van der Waals surface area contributed by atoms with E-state index in [1.54, 1.807) is 11.3 Å². The van der Waals surface area contributed by atoms with E-state index in [1.165, 1.54) is 8.66 Å². The molecule has 13 heavy (non-hydrogen) atoms. The molecule has 1 heterocycles. The third-order valence-electron chi connectivity index (χ3n) is 2.13. The van der Waals surface area contributed by atoms with E-state index in [9.17, 15) is 0 Å². The molecule has 1 atom stereocenters. The Labute approximate surface area is 91.9 Å². The number of thiophene rings is 1. The number of hydrogen-bond acceptors (Lipinski definition) is 3. The van der Waals surface area contributed by atoms with Gasteiger partial charge < -0.3 is 5.73 Å². The molecule has 74 valence electrons. The maximum absolute atomic E-state index is 5.58. The van der Waals surface area contributed by atoms with Crippen LogP contribution in [0.3, 0.4) is 0 Å². The maximum atomic E-state index is 5.58. The molecule has 0 fully saturated rings. The van der Waals surface area contributed by atoms with Crippen LogP contribution in [0.25, 0.3) is 0 Å². The van der Waals surface area contributed by atoms with E-state index < -0.39 is 0 Å². The first-order valence-electron chi connectivity index (χ1n) is 4.28. The lowest BCUT2D eigenvalue weighted by molar-refractivity contribution is 0.257. The fraction of sp³-hybridized carbons (Fsp3) is 0.556. The quantitative estimate of drug-likeness (QED) is 0.903. The molecule has 1 rings (SSSR count). The van der Waals surface area contributed by atoms with Crippen LogP contribution in [0.1, 0.15) is 11.8 Å². The van der Waals surface area contributed by atoms with Gasteiger partial charge in [-0.05, 0) is 42.0 Å². The summed E-state index contributed by atoms with van der Waals surface area (Å²) in [6.07, 6.45) is 0. The van der Waals surface area contributed by atoms with Crippen LogP contribution < -0.4 is 5.73 Å². The van der Waals surface area contributed by atoms with Crippen LogP contribution in [0.4, 0.5) is 0 Å². The van der Waals surface area contributed by atoms with Gasteiger partial charge in [-0.2, -0.15) is 0 Å². The number of nitrogens with two attached hydrogens (primary N) is 1. The molecule has 1 aromatic heterocycles. The Kier molecular flexibility index (Phi) is 4.38. The van der Waals surface area contributed by atoms with Crippen LogP contribution in [0.5, 0.6) is 0 Å². The molecule has 2 N–H and O–H groups in total. The van der Waals surface area contributed by atoms with Gasteiger partial charge in [0.15, 0.2) is 0 Å². The zero-order valence-electron chi connectivity index (χ0n) is 7.96. The minimum absolute atomic E-state index is 0.445. The summed E-state index contributed by atoms with van der Waals surface area (Å²) in [5, 5.41) is 0. The van der Waals surface area contributed by atoms with Crippen LogP contribution >= 0.6 is 27.3 Å². The van der Waals surface area contributed by atoms with Crippen molar-refractivity contribution in [3.8, 4) is 0 Å². The van der Waals surface area contributed by atoms with Gasteiger partial charge in [0.1, 0.15) is 0 Å². The Morgan fingerprint density at radius 2 is 2.31 bits per heavy atom. The zero-order valence-corrected chi connectivity index (χ0v) is 10.4. The van der Waals surface area contributed by atoms with Crippen molar-refractivity contribution in [1.29, 1.82) is 0 Å². The predicted octanol–water partition coefficient (Wildman–Crippen LogP) is 2.29. The van der Waals surface area contributed by atoms with Gasteiger partial charge in [0.05, 0.1) is 3.79 Å². The van der Waals surface area contributed by atoms with Gasteiger partial charge in [-0.25, -0.2) is 0 Å². The van der Waals surface area contributed by atoms with Crippen molar-refractivity contribution >= 4 is 27.3 Å². The highest BCUT2D eigenvalue weighted by Gasteiger charge is 2.08. The molecular weight excluding hydrogens is 248 g/mol. The minimum Gasteiger partial charge on any atom is -0.329 e. The molecule has 0 bridgehead atoms. The van der Waals surface area contributed by atoms with Gasteiger partial charge in [-0.3, -0.25) is 4.90 Å². The standard InChI is InChI=1S/C9H15BrN2S/c1-7(5-11)12(2)6-8-3-4-9(10)13-8/h3-4,7H,5-6,11H2,1-2H3. The van der Waals surface area contributed by atoms with E-state index in [4.69, 9.17) is 5.73 Å². The van der Waals surface area contributed by atoms with E-state index in [0.29, 0.717) is 12.6 Å². The van der Waals surface area contributed by atoms with Crippen molar-refractivity contribution in [3.05, 3.63) is 20.8 Å². The smallest absolute Gasteiger partial charge is 0.0701 e. The lowest BCUT2D eigenvalue weighted by Gasteiger charge is -2.22. The highest BCUT2D eigenvalue weighted by Crippen LogP contribution is 2.23. The fourth-order valence-electron chi connectivity index (χ4n) is 1.02. The average molecular weight is 263 g/mol. The van der Waals surface area contributed by atoms with Gasteiger partial charge >= 0.3 is 0 Å². The van der Waals surface area contributed by atoms with Crippen molar-refractivity contribution in [2.24, 2.45) is 5.73 Å². The Morgan fingerprint density at radius 3 is 2.77 bits per heavy atom. The number of rotatable bonds is 4. The predicted molar refractivity (Wildman–Crippen MR) is 62.0 cm³/mol. The number of nitrogens with zero attached hydrogens (tertiary/aromatic N) is 1. The number of likely N-dealkylation sites (N-methyl/N-ethyl adjacent to an activating group) is 1. The van der Waals surface area contributed by atoms with Gasteiger partial charge in [0, 0.05) is 24.0 Å². The molecular formula is C9H15BrN2S. The summed E-state index contributed by atoms with van der Waals surface area (Å²) < 4.78 is 1.19. The second-order valence-corrected chi connectivity index (χ2v) is 5.75. The van der Waals surface area contributed by atoms with Gasteiger partial charge in [0.2, 0.25) is 0 Å². The maximum Gasteiger partial charge on any atom is 0.0701 e. The van der Waals surface area contributed by atoms with E-state index in [-0.39, 0.29) is 0 Å². The lowest BCUT2D eigenvalue weighted by Crippen LogP contribution is -2.34. The molecule has 0 spiro atoms. The van der Waals surface area contributed by atoms with Crippen LogP contribution in [-0.4, -0.2) is 24.5 Å². The molecule has 1 aromatic rings. The van der Waals surface area contributed by atoms with Crippen LogP contribution in [0.15, 0.2) is 15.9 Å². The van der Waals surface area contributed by atoms with E-state index in [0.717, 1.165) is 6.54 Å². The summed E-state index contributed by atoms with van der Waals surface area (Å²) in [4.78, 5) is 3.63. The second kappa shape index (κ2) is 5.10. The van der Waals surface area contributed by atoms with Crippen molar-refractivity contribution in [1.82, 2.24) is 4.90 Å². The Bertz CT molecular complexity index is 262. The first-order chi connectivity index (χ1) is 6.13.